The maximum absolute atomic E-state index is 6.27. The highest BCUT2D eigenvalue weighted by Gasteiger charge is 2.17. The number of rotatable bonds is 3. The predicted molar refractivity (Wildman–Crippen MR) is 81.5 cm³/mol. The number of halogens is 3. The van der Waals surface area contributed by atoms with Crippen LogP contribution in [0.2, 0.25) is 10.0 Å². The van der Waals surface area contributed by atoms with Crippen molar-refractivity contribution in [3.8, 4) is 0 Å². The smallest absolute Gasteiger partial charge is 0.0600 e. The minimum atomic E-state index is 0.0327. The third-order valence-electron chi connectivity index (χ3n) is 2.78. The second-order valence-electron chi connectivity index (χ2n) is 3.91. The van der Waals surface area contributed by atoms with Gasteiger partial charge in [0, 0.05) is 14.5 Å². The zero-order chi connectivity index (χ0) is 13.1. The van der Waals surface area contributed by atoms with Crippen LogP contribution in [0.1, 0.15) is 17.2 Å². The molecule has 4 heteroatoms. The van der Waals surface area contributed by atoms with Gasteiger partial charge in [0.15, 0.2) is 0 Å². The first-order valence-corrected chi connectivity index (χ1v) is 7.05. The van der Waals surface area contributed by atoms with E-state index in [-0.39, 0.29) is 6.04 Å². The molecule has 1 unspecified atom stereocenters. The van der Waals surface area contributed by atoms with Crippen molar-refractivity contribution in [2.45, 2.75) is 6.04 Å². The van der Waals surface area contributed by atoms with Crippen molar-refractivity contribution in [1.82, 2.24) is 5.32 Å². The quantitative estimate of drug-likeness (QED) is 0.820. The number of nitrogens with one attached hydrogen (secondary N) is 1. The molecule has 0 saturated carbocycles. The largest absolute Gasteiger partial charge is 0.309 e. The van der Waals surface area contributed by atoms with Crippen LogP contribution < -0.4 is 5.32 Å². The van der Waals surface area contributed by atoms with Gasteiger partial charge in [0.05, 0.1) is 6.04 Å². The lowest BCUT2D eigenvalue weighted by Crippen LogP contribution is -2.18. The first-order chi connectivity index (χ1) is 8.63. The van der Waals surface area contributed by atoms with Gasteiger partial charge < -0.3 is 5.32 Å². The molecule has 0 spiro atoms. The molecule has 2 aromatic carbocycles. The van der Waals surface area contributed by atoms with Crippen molar-refractivity contribution >= 4 is 39.1 Å². The zero-order valence-electron chi connectivity index (χ0n) is 9.75. The van der Waals surface area contributed by atoms with Crippen molar-refractivity contribution in [2.75, 3.05) is 7.05 Å². The van der Waals surface area contributed by atoms with Gasteiger partial charge in [-0.05, 0) is 36.4 Å². The lowest BCUT2D eigenvalue weighted by molar-refractivity contribution is 0.689. The molecule has 0 aliphatic heterocycles. The van der Waals surface area contributed by atoms with Gasteiger partial charge in [-0.25, -0.2) is 0 Å². The molecule has 2 aromatic rings. The first-order valence-electron chi connectivity index (χ1n) is 5.50. The van der Waals surface area contributed by atoms with Gasteiger partial charge in [-0.3, -0.25) is 0 Å². The van der Waals surface area contributed by atoms with Gasteiger partial charge in [0.1, 0.15) is 0 Å². The van der Waals surface area contributed by atoms with E-state index in [1.807, 2.05) is 37.4 Å². The highest BCUT2D eigenvalue weighted by molar-refractivity contribution is 9.10. The molecule has 0 aliphatic carbocycles. The fourth-order valence-electron chi connectivity index (χ4n) is 1.92. The van der Waals surface area contributed by atoms with Crippen LogP contribution in [0.3, 0.4) is 0 Å². The summed E-state index contributed by atoms with van der Waals surface area (Å²) in [5.41, 5.74) is 2.15. The van der Waals surface area contributed by atoms with Crippen molar-refractivity contribution in [3.63, 3.8) is 0 Å². The molecule has 1 nitrogen and oxygen atoms in total. The first kappa shape index (κ1) is 13.9. The highest BCUT2D eigenvalue weighted by Crippen LogP contribution is 2.33. The molecule has 0 bridgehead atoms. The number of hydrogen-bond acceptors (Lipinski definition) is 1. The fraction of sp³-hybridized carbons (Fsp3) is 0.143. The summed E-state index contributed by atoms with van der Waals surface area (Å²) in [4.78, 5) is 0. The van der Waals surface area contributed by atoms with E-state index in [0.29, 0.717) is 10.0 Å². The summed E-state index contributed by atoms with van der Waals surface area (Å²) < 4.78 is 1.05. The molecule has 0 saturated heterocycles. The van der Waals surface area contributed by atoms with Crippen LogP contribution in [0.4, 0.5) is 0 Å². The number of hydrogen-bond donors (Lipinski definition) is 1. The van der Waals surface area contributed by atoms with Crippen LogP contribution in [0.5, 0.6) is 0 Å². The van der Waals surface area contributed by atoms with Crippen molar-refractivity contribution in [3.05, 3.63) is 68.1 Å². The van der Waals surface area contributed by atoms with E-state index in [4.69, 9.17) is 23.2 Å². The maximum Gasteiger partial charge on any atom is 0.0600 e. The summed E-state index contributed by atoms with van der Waals surface area (Å²) in [6, 6.07) is 13.7. The van der Waals surface area contributed by atoms with Crippen molar-refractivity contribution in [2.24, 2.45) is 0 Å². The third-order valence-corrected chi connectivity index (χ3v) is 4.06. The van der Waals surface area contributed by atoms with Crippen molar-refractivity contribution in [1.29, 1.82) is 0 Å². The second-order valence-corrected chi connectivity index (χ2v) is 5.61. The Morgan fingerprint density at radius 3 is 2.39 bits per heavy atom. The number of benzene rings is 2. The Hall–Kier alpha value is -0.540. The molecule has 0 heterocycles. The van der Waals surface area contributed by atoms with Crippen LogP contribution in [0, 0.1) is 0 Å². The zero-order valence-corrected chi connectivity index (χ0v) is 12.9. The van der Waals surface area contributed by atoms with Crippen LogP contribution in [0.15, 0.2) is 46.9 Å². The van der Waals surface area contributed by atoms with Gasteiger partial charge >= 0.3 is 0 Å². The molecule has 0 radical (unpaired) electrons. The minimum Gasteiger partial charge on any atom is -0.309 e. The molecule has 1 atom stereocenters. The standard InChI is InChI=1S/C14H12BrCl2N/c1-18-14(10-4-2-3-5-12(10)15)11-7-6-9(16)8-13(11)17/h2-8,14,18H,1H3. The molecule has 0 aromatic heterocycles. The highest BCUT2D eigenvalue weighted by atomic mass is 79.9. The molecule has 0 amide bonds. The van der Waals surface area contributed by atoms with E-state index >= 15 is 0 Å². The van der Waals surface area contributed by atoms with Gasteiger partial charge in [-0.2, -0.15) is 0 Å². The van der Waals surface area contributed by atoms with Crippen LogP contribution in [0.25, 0.3) is 0 Å². The monoisotopic (exact) mass is 343 g/mol. The SMILES string of the molecule is CNC(c1ccc(Cl)cc1Cl)c1ccccc1Br. The normalized spacial score (nSPS) is 12.4. The Labute approximate surface area is 125 Å². The topological polar surface area (TPSA) is 12.0 Å². The maximum atomic E-state index is 6.27. The van der Waals surface area contributed by atoms with Crippen molar-refractivity contribution < 1.29 is 0 Å². The minimum absolute atomic E-state index is 0.0327. The van der Waals surface area contributed by atoms with E-state index in [9.17, 15) is 0 Å². The summed E-state index contributed by atoms with van der Waals surface area (Å²) >= 11 is 15.8. The molecule has 2 rings (SSSR count). The Kier molecular flexibility index (Phi) is 4.68. The summed E-state index contributed by atoms with van der Waals surface area (Å²) in [6.07, 6.45) is 0. The Bertz CT molecular complexity index is 557. The van der Waals surface area contributed by atoms with E-state index in [0.717, 1.165) is 15.6 Å². The summed E-state index contributed by atoms with van der Waals surface area (Å²) in [5.74, 6) is 0. The summed E-state index contributed by atoms with van der Waals surface area (Å²) in [5, 5.41) is 4.59. The van der Waals surface area contributed by atoms with Gasteiger partial charge in [-0.1, -0.05) is 63.4 Å². The van der Waals surface area contributed by atoms with E-state index < -0.39 is 0 Å². The average molecular weight is 345 g/mol. The van der Waals surface area contributed by atoms with Gasteiger partial charge in [-0.15, -0.1) is 0 Å². The summed E-state index contributed by atoms with van der Waals surface area (Å²) in [6.45, 7) is 0. The average Bonchev–Trinajstić information content (AvgIpc) is 2.34. The van der Waals surface area contributed by atoms with E-state index in [1.165, 1.54) is 0 Å². The van der Waals surface area contributed by atoms with E-state index in [2.05, 4.69) is 27.3 Å². The molecule has 0 fully saturated rings. The van der Waals surface area contributed by atoms with Gasteiger partial charge in [0.2, 0.25) is 0 Å². The lowest BCUT2D eigenvalue weighted by atomic mass is 9.99. The Morgan fingerprint density at radius 2 is 1.78 bits per heavy atom. The molecule has 18 heavy (non-hydrogen) atoms. The molecular weight excluding hydrogens is 333 g/mol. The second kappa shape index (κ2) is 6.07. The van der Waals surface area contributed by atoms with Crippen LogP contribution >= 0.6 is 39.1 Å². The predicted octanol–water partition coefficient (Wildman–Crippen LogP) is 5.06. The molecule has 1 N–H and O–H groups in total. The fourth-order valence-corrected chi connectivity index (χ4v) is 2.95. The van der Waals surface area contributed by atoms with Crippen LogP contribution in [-0.2, 0) is 0 Å². The van der Waals surface area contributed by atoms with E-state index in [1.54, 1.807) is 6.07 Å². The lowest BCUT2D eigenvalue weighted by Gasteiger charge is -2.20. The Balaban J connectivity index is 2.49. The molecular formula is C14H12BrCl2N. The Morgan fingerprint density at radius 1 is 1.06 bits per heavy atom. The third kappa shape index (κ3) is 2.89. The van der Waals surface area contributed by atoms with Gasteiger partial charge in [0.25, 0.3) is 0 Å². The van der Waals surface area contributed by atoms with Crippen LogP contribution in [-0.4, -0.2) is 7.05 Å². The molecule has 0 aliphatic rings. The summed E-state index contributed by atoms with van der Waals surface area (Å²) in [7, 11) is 1.91. The molecule has 94 valence electrons.